The van der Waals surface area contributed by atoms with E-state index >= 15 is 0 Å². The van der Waals surface area contributed by atoms with Crippen molar-refractivity contribution < 1.29 is 23.5 Å². The standard InChI is InChI=1S/C18H11F2N3O3S2/c1-8-2-5-12(28-8)14-13(15(24)9-3-4-10(19)11(20)6-9)16(25)17(26)23(14)18-22-21-7-27-18/h2-7,14,24H,1H3/b15-13+. The molecule has 1 aliphatic heterocycles. The molecule has 1 unspecified atom stereocenters. The minimum Gasteiger partial charge on any atom is -0.507 e. The molecule has 1 aliphatic rings. The van der Waals surface area contributed by atoms with E-state index in [0.717, 1.165) is 39.3 Å². The summed E-state index contributed by atoms with van der Waals surface area (Å²) in [7, 11) is 0. The molecule has 1 atom stereocenters. The van der Waals surface area contributed by atoms with Crippen LogP contribution in [0.3, 0.4) is 0 Å². The Morgan fingerprint density at radius 2 is 1.96 bits per heavy atom. The summed E-state index contributed by atoms with van der Waals surface area (Å²) in [5, 5.41) is 18.5. The Labute approximate surface area is 165 Å². The van der Waals surface area contributed by atoms with Gasteiger partial charge in [-0.15, -0.1) is 21.5 Å². The Bertz CT molecular complexity index is 1130. The summed E-state index contributed by atoms with van der Waals surface area (Å²) in [6.45, 7) is 1.86. The van der Waals surface area contributed by atoms with Gasteiger partial charge in [0.1, 0.15) is 17.3 Å². The number of carbonyl (C=O) groups is 2. The molecule has 0 radical (unpaired) electrons. The molecule has 28 heavy (non-hydrogen) atoms. The summed E-state index contributed by atoms with van der Waals surface area (Å²) in [6, 6.07) is 5.37. The molecule has 6 nitrogen and oxygen atoms in total. The molecule has 0 aliphatic carbocycles. The van der Waals surface area contributed by atoms with Crippen LogP contribution in [0.5, 0.6) is 0 Å². The average molecular weight is 419 g/mol. The maximum atomic E-state index is 13.6. The largest absolute Gasteiger partial charge is 0.507 e. The van der Waals surface area contributed by atoms with Crippen LogP contribution in [0, 0.1) is 18.6 Å². The predicted molar refractivity (Wildman–Crippen MR) is 100 cm³/mol. The number of aliphatic hydroxyl groups is 1. The van der Waals surface area contributed by atoms with Crippen molar-refractivity contribution in [2.45, 2.75) is 13.0 Å². The molecular formula is C18H11F2N3O3S2. The van der Waals surface area contributed by atoms with E-state index in [2.05, 4.69) is 10.2 Å². The predicted octanol–water partition coefficient (Wildman–Crippen LogP) is 3.81. The molecule has 3 aromatic rings. The highest BCUT2D eigenvalue weighted by atomic mass is 32.1. The second-order valence-electron chi connectivity index (χ2n) is 5.97. The number of amides is 1. The van der Waals surface area contributed by atoms with Gasteiger partial charge in [0.2, 0.25) is 5.13 Å². The van der Waals surface area contributed by atoms with Crippen molar-refractivity contribution in [3.8, 4) is 0 Å². The van der Waals surface area contributed by atoms with Gasteiger partial charge in [0.15, 0.2) is 11.6 Å². The van der Waals surface area contributed by atoms with Gasteiger partial charge < -0.3 is 5.11 Å². The second-order valence-corrected chi connectivity index (χ2v) is 8.10. The first-order chi connectivity index (χ1) is 13.4. The number of aliphatic hydroxyl groups excluding tert-OH is 1. The summed E-state index contributed by atoms with van der Waals surface area (Å²) in [5.41, 5.74) is 1.10. The van der Waals surface area contributed by atoms with E-state index in [-0.39, 0.29) is 16.3 Å². The van der Waals surface area contributed by atoms with Gasteiger partial charge in [-0.05, 0) is 37.3 Å². The lowest BCUT2D eigenvalue weighted by atomic mass is 10.00. The SMILES string of the molecule is Cc1ccc(C2/C(=C(\O)c3ccc(F)c(F)c3)C(=O)C(=O)N2c2nncs2)s1. The first-order valence-electron chi connectivity index (χ1n) is 7.97. The molecular weight excluding hydrogens is 408 g/mol. The van der Waals surface area contributed by atoms with Gasteiger partial charge in [-0.3, -0.25) is 14.5 Å². The number of anilines is 1. The topological polar surface area (TPSA) is 83.4 Å². The normalized spacial score (nSPS) is 18.8. The number of aryl methyl sites for hydroxylation is 1. The number of Topliss-reactive ketones (excluding diaryl/α,β-unsaturated/α-hetero) is 1. The van der Waals surface area contributed by atoms with Crippen molar-refractivity contribution in [1.29, 1.82) is 0 Å². The summed E-state index contributed by atoms with van der Waals surface area (Å²) in [5.74, 6) is -4.66. The quantitative estimate of drug-likeness (QED) is 0.397. The summed E-state index contributed by atoms with van der Waals surface area (Å²) < 4.78 is 26.9. The molecule has 0 spiro atoms. The zero-order valence-corrected chi connectivity index (χ0v) is 15.9. The maximum Gasteiger partial charge on any atom is 0.301 e. The van der Waals surface area contributed by atoms with E-state index in [1.54, 1.807) is 6.07 Å². The zero-order chi connectivity index (χ0) is 20.0. The fraction of sp³-hybridized carbons (Fsp3) is 0.111. The number of thiophene rings is 1. The van der Waals surface area contributed by atoms with Crippen LogP contribution in [-0.4, -0.2) is 27.0 Å². The second kappa shape index (κ2) is 6.88. The van der Waals surface area contributed by atoms with Gasteiger partial charge >= 0.3 is 5.91 Å². The van der Waals surface area contributed by atoms with Crippen molar-refractivity contribution in [1.82, 2.24) is 10.2 Å². The van der Waals surface area contributed by atoms with Gasteiger partial charge in [0.05, 0.1) is 5.57 Å². The van der Waals surface area contributed by atoms with Crippen LogP contribution in [0.4, 0.5) is 13.9 Å². The number of carbonyl (C=O) groups excluding carboxylic acids is 2. The number of benzene rings is 1. The minimum absolute atomic E-state index is 0.104. The van der Waals surface area contributed by atoms with E-state index in [9.17, 15) is 23.5 Å². The summed E-state index contributed by atoms with van der Waals surface area (Å²) >= 11 is 2.41. The molecule has 2 aromatic heterocycles. The third kappa shape index (κ3) is 2.90. The van der Waals surface area contributed by atoms with Crippen LogP contribution >= 0.6 is 22.7 Å². The lowest BCUT2D eigenvalue weighted by Crippen LogP contribution is -2.29. The number of rotatable bonds is 3. The zero-order valence-electron chi connectivity index (χ0n) is 14.2. The summed E-state index contributed by atoms with van der Waals surface area (Å²) in [6.07, 6.45) is 0. The van der Waals surface area contributed by atoms with Gasteiger partial charge in [-0.2, -0.15) is 0 Å². The average Bonchev–Trinajstić information content (AvgIpc) is 3.38. The molecule has 1 fully saturated rings. The number of hydrogen-bond acceptors (Lipinski definition) is 7. The third-order valence-electron chi connectivity index (χ3n) is 4.22. The van der Waals surface area contributed by atoms with E-state index in [0.29, 0.717) is 4.88 Å². The van der Waals surface area contributed by atoms with Crippen molar-refractivity contribution in [2.24, 2.45) is 0 Å². The number of halogens is 2. The Kier molecular flexibility index (Phi) is 4.52. The number of hydrogen-bond donors (Lipinski definition) is 1. The molecule has 1 N–H and O–H groups in total. The first-order valence-corrected chi connectivity index (χ1v) is 9.67. The molecule has 142 valence electrons. The van der Waals surface area contributed by atoms with Crippen LogP contribution in [0.1, 0.15) is 21.4 Å². The highest BCUT2D eigenvalue weighted by Crippen LogP contribution is 2.44. The van der Waals surface area contributed by atoms with Gasteiger partial charge in [-0.25, -0.2) is 8.78 Å². The van der Waals surface area contributed by atoms with Gasteiger partial charge in [0.25, 0.3) is 5.78 Å². The van der Waals surface area contributed by atoms with Crippen molar-refractivity contribution >= 4 is 45.3 Å². The summed E-state index contributed by atoms with van der Waals surface area (Å²) in [4.78, 5) is 28.2. The fourth-order valence-electron chi connectivity index (χ4n) is 2.97. The minimum atomic E-state index is -1.18. The van der Waals surface area contributed by atoms with Gasteiger partial charge in [0, 0.05) is 15.3 Å². The number of nitrogens with zero attached hydrogens (tertiary/aromatic N) is 3. The van der Waals surface area contributed by atoms with Crippen molar-refractivity contribution in [3.05, 3.63) is 68.4 Å². The third-order valence-corrected chi connectivity index (χ3v) is 5.96. The highest BCUT2D eigenvalue weighted by molar-refractivity contribution is 7.14. The van der Waals surface area contributed by atoms with E-state index in [4.69, 9.17) is 0 Å². The molecule has 10 heteroatoms. The molecule has 1 amide bonds. The Hall–Kier alpha value is -2.98. The Balaban J connectivity index is 1.94. The smallest absolute Gasteiger partial charge is 0.301 e. The van der Waals surface area contributed by atoms with Crippen LogP contribution in [0.25, 0.3) is 5.76 Å². The van der Waals surface area contributed by atoms with Crippen molar-refractivity contribution in [3.63, 3.8) is 0 Å². The molecule has 3 heterocycles. The monoisotopic (exact) mass is 419 g/mol. The molecule has 4 rings (SSSR count). The van der Waals surface area contributed by atoms with E-state index < -0.39 is 35.1 Å². The van der Waals surface area contributed by atoms with Gasteiger partial charge in [-0.1, -0.05) is 11.3 Å². The van der Waals surface area contributed by atoms with E-state index in [1.165, 1.54) is 16.8 Å². The van der Waals surface area contributed by atoms with E-state index in [1.807, 2.05) is 13.0 Å². The van der Waals surface area contributed by atoms with Crippen LogP contribution < -0.4 is 4.90 Å². The first kappa shape index (κ1) is 18.4. The Morgan fingerprint density at radius 3 is 2.57 bits per heavy atom. The molecule has 0 saturated carbocycles. The van der Waals surface area contributed by atoms with Crippen LogP contribution in [-0.2, 0) is 9.59 Å². The van der Waals surface area contributed by atoms with Crippen LogP contribution in [0.2, 0.25) is 0 Å². The van der Waals surface area contributed by atoms with Crippen molar-refractivity contribution in [2.75, 3.05) is 4.90 Å². The maximum absolute atomic E-state index is 13.6. The molecule has 1 aromatic carbocycles. The lowest BCUT2D eigenvalue weighted by molar-refractivity contribution is -0.132. The fourth-order valence-corrected chi connectivity index (χ4v) is 4.53. The molecule has 1 saturated heterocycles. The lowest BCUT2D eigenvalue weighted by Gasteiger charge is -2.20. The molecule has 0 bridgehead atoms. The van der Waals surface area contributed by atoms with Crippen LogP contribution in [0.15, 0.2) is 41.4 Å². The highest BCUT2D eigenvalue weighted by Gasteiger charge is 2.48. The Morgan fingerprint density at radius 1 is 1.18 bits per heavy atom. The number of ketones is 1. The number of aromatic nitrogens is 2.